The molecule has 0 aromatic heterocycles. The topological polar surface area (TPSA) is 92.4 Å². The van der Waals surface area contributed by atoms with Crippen LogP contribution in [-0.4, -0.2) is 30.1 Å². The van der Waals surface area contributed by atoms with E-state index in [1.807, 2.05) is 0 Å². The van der Waals surface area contributed by atoms with Crippen molar-refractivity contribution in [1.82, 2.24) is 5.32 Å². The van der Waals surface area contributed by atoms with Crippen LogP contribution in [0.2, 0.25) is 0 Å². The molecule has 0 spiro atoms. The summed E-state index contributed by atoms with van der Waals surface area (Å²) in [5.41, 5.74) is 5.25. The summed E-state index contributed by atoms with van der Waals surface area (Å²) in [6, 6.07) is 0. The van der Waals surface area contributed by atoms with E-state index in [-0.39, 0.29) is 5.91 Å². The molecular weight excluding hydrogens is 184 g/mol. The number of nitrogens with one attached hydrogen (secondary N) is 1. The summed E-state index contributed by atoms with van der Waals surface area (Å²) >= 11 is 0. The number of amides is 1. The first-order chi connectivity index (χ1) is 6.54. The first-order valence-corrected chi connectivity index (χ1v) is 4.43. The normalized spacial score (nSPS) is 11.4. The van der Waals surface area contributed by atoms with Gasteiger partial charge in [-0.2, -0.15) is 0 Å². The molecule has 0 aromatic rings. The number of carboxylic acid groups (broad SMARTS) is 1. The number of hydrogen-bond donors (Lipinski definition) is 3. The number of rotatable bonds is 7. The van der Waals surface area contributed by atoms with Crippen LogP contribution in [0.15, 0.2) is 11.6 Å². The smallest absolute Gasteiger partial charge is 0.330 e. The average molecular weight is 200 g/mol. The zero-order valence-corrected chi connectivity index (χ0v) is 8.25. The van der Waals surface area contributed by atoms with Crippen LogP contribution in [0.4, 0.5) is 0 Å². The molecule has 0 fully saturated rings. The largest absolute Gasteiger partial charge is 0.478 e. The minimum atomic E-state index is -0.913. The van der Waals surface area contributed by atoms with Crippen LogP contribution in [0.5, 0.6) is 0 Å². The average Bonchev–Trinajstić information content (AvgIpc) is 2.09. The molecule has 5 nitrogen and oxygen atoms in total. The summed E-state index contributed by atoms with van der Waals surface area (Å²) in [5.74, 6) is -1.23. The second kappa shape index (κ2) is 7.08. The van der Waals surface area contributed by atoms with E-state index < -0.39 is 5.97 Å². The Morgan fingerprint density at radius 3 is 2.64 bits per heavy atom. The van der Waals surface area contributed by atoms with Gasteiger partial charge in [-0.1, -0.05) is 6.08 Å². The Kier molecular flexibility index (Phi) is 6.39. The van der Waals surface area contributed by atoms with E-state index in [0.717, 1.165) is 0 Å². The van der Waals surface area contributed by atoms with Crippen molar-refractivity contribution in [3.63, 3.8) is 0 Å². The van der Waals surface area contributed by atoms with Crippen molar-refractivity contribution in [3.05, 3.63) is 11.6 Å². The van der Waals surface area contributed by atoms with Crippen molar-refractivity contribution >= 4 is 11.9 Å². The zero-order valence-electron chi connectivity index (χ0n) is 8.25. The summed E-state index contributed by atoms with van der Waals surface area (Å²) in [7, 11) is 0. The van der Waals surface area contributed by atoms with E-state index in [1.54, 1.807) is 6.08 Å². The lowest BCUT2D eigenvalue weighted by Crippen LogP contribution is -2.19. The molecule has 80 valence electrons. The molecule has 0 atom stereocenters. The third kappa shape index (κ3) is 7.30. The Morgan fingerprint density at radius 2 is 2.14 bits per heavy atom. The molecule has 0 saturated carbocycles. The van der Waals surface area contributed by atoms with Gasteiger partial charge in [-0.15, -0.1) is 0 Å². The minimum absolute atomic E-state index is 0.312. The van der Waals surface area contributed by atoms with Crippen LogP contribution >= 0.6 is 0 Å². The van der Waals surface area contributed by atoms with Gasteiger partial charge in [-0.3, -0.25) is 4.79 Å². The van der Waals surface area contributed by atoms with Gasteiger partial charge in [0.2, 0.25) is 5.91 Å². The molecule has 0 aliphatic heterocycles. The molecule has 0 heterocycles. The second-order valence-corrected chi connectivity index (χ2v) is 2.97. The molecule has 0 saturated heterocycles. The highest BCUT2D eigenvalue weighted by atomic mass is 16.4. The molecular formula is C9H16N2O3. The number of carboxylic acids is 1. The van der Waals surface area contributed by atoms with Crippen LogP contribution in [0.3, 0.4) is 0 Å². The van der Waals surface area contributed by atoms with E-state index in [4.69, 9.17) is 10.8 Å². The monoisotopic (exact) mass is 200 g/mol. The Bertz CT molecular complexity index is 236. The fraction of sp³-hybridized carbons (Fsp3) is 0.556. The Labute approximate surface area is 83.0 Å². The van der Waals surface area contributed by atoms with Crippen LogP contribution < -0.4 is 11.1 Å². The molecule has 0 aromatic carbocycles. The maximum Gasteiger partial charge on any atom is 0.330 e. The number of primary amides is 1. The summed E-state index contributed by atoms with van der Waals surface area (Å²) in [6.07, 6.45) is 2.62. The Hall–Kier alpha value is -1.36. The fourth-order valence-electron chi connectivity index (χ4n) is 0.802. The highest BCUT2D eigenvalue weighted by molar-refractivity contribution is 5.85. The third-order valence-electron chi connectivity index (χ3n) is 1.67. The van der Waals surface area contributed by atoms with Crippen LogP contribution in [0.25, 0.3) is 0 Å². The lowest BCUT2D eigenvalue weighted by atomic mass is 10.3. The molecule has 0 aliphatic rings. The lowest BCUT2D eigenvalue weighted by Gasteiger charge is -2.00. The van der Waals surface area contributed by atoms with Gasteiger partial charge in [-0.25, -0.2) is 4.79 Å². The molecule has 5 heteroatoms. The SMILES string of the molecule is CC(=CCNCCCC(N)=O)C(=O)O. The lowest BCUT2D eigenvalue weighted by molar-refractivity contribution is -0.132. The third-order valence-corrected chi connectivity index (χ3v) is 1.67. The summed E-state index contributed by atoms with van der Waals surface area (Å²) < 4.78 is 0. The standard InChI is InChI=1S/C9H16N2O3/c1-7(9(13)14)4-6-11-5-2-3-8(10)12/h4,11H,2-3,5-6H2,1H3,(H2,10,12)(H,13,14). The van der Waals surface area contributed by atoms with E-state index in [0.29, 0.717) is 31.5 Å². The van der Waals surface area contributed by atoms with Gasteiger partial charge in [0.25, 0.3) is 0 Å². The molecule has 1 amide bonds. The van der Waals surface area contributed by atoms with Crippen LogP contribution in [-0.2, 0) is 9.59 Å². The Morgan fingerprint density at radius 1 is 1.50 bits per heavy atom. The number of aliphatic carboxylic acids is 1. The van der Waals surface area contributed by atoms with Gasteiger partial charge < -0.3 is 16.2 Å². The van der Waals surface area contributed by atoms with E-state index in [2.05, 4.69) is 5.32 Å². The van der Waals surface area contributed by atoms with E-state index in [1.165, 1.54) is 6.92 Å². The highest BCUT2D eigenvalue weighted by Crippen LogP contribution is 1.90. The van der Waals surface area contributed by atoms with E-state index in [9.17, 15) is 9.59 Å². The summed E-state index contributed by atoms with van der Waals surface area (Å²) in [5, 5.41) is 11.5. The predicted octanol–water partition coefficient (Wildman–Crippen LogP) is -0.128. The van der Waals surface area contributed by atoms with Crippen molar-refractivity contribution in [1.29, 1.82) is 0 Å². The second-order valence-electron chi connectivity index (χ2n) is 2.97. The molecule has 0 radical (unpaired) electrons. The van der Waals surface area contributed by atoms with Crippen molar-refractivity contribution in [2.24, 2.45) is 5.73 Å². The minimum Gasteiger partial charge on any atom is -0.478 e. The van der Waals surface area contributed by atoms with Gasteiger partial charge in [0.1, 0.15) is 0 Å². The molecule has 14 heavy (non-hydrogen) atoms. The molecule has 0 unspecified atom stereocenters. The van der Waals surface area contributed by atoms with Gasteiger partial charge in [0, 0.05) is 18.5 Å². The maximum atomic E-state index is 10.4. The molecule has 0 bridgehead atoms. The number of carbonyl (C=O) groups excluding carboxylic acids is 1. The van der Waals surface area contributed by atoms with Crippen LogP contribution in [0, 0.1) is 0 Å². The molecule has 0 aliphatic carbocycles. The van der Waals surface area contributed by atoms with Crippen molar-refractivity contribution in [3.8, 4) is 0 Å². The maximum absolute atomic E-state index is 10.4. The van der Waals surface area contributed by atoms with Crippen molar-refractivity contribution < 1.29 is 14.7 Å². The van der Waals surface area contributed by atoms with Gasteiger partial charge in [0.05, 0.1) is 0 Å². The van der Waals surface area contributed by atoms with Crippen molar-refractivity contribution in [2.45, 2.75) is 19.8 Å². The zero-order chi connectivity index (χ0) is 11.0. The fourth-order valence-corrected chi connectivity index (χ4v) is 0.802. The van der Waals surface area contributed by atoms with Gasteiger partial charge in [-0.05, 0) is 19.9 Å². The highest BCUT2D eigenvalue weighted by Gasteiger charge is 1.97. The number of carbonyl (C=O) groups is 2. The van der Waals surface area contributed by atoms with Gasteiger partial charge >= 0.3 is 5.97 Å². The predicted molar refractivity (Wildman–Crippen MR) is 52.7 cm³/mol. The van der Waals surface area contributed by atoms with E-state index >= 15 is 0 Å². The van der Waals surface area contributed by atoms with Gasteiger partial charge in [0.15, 0.2) is 0 Å². The van der Waals surface area contributed by atoms with Crippen molar-refractivity contribution in [2.75, 3.05) is 13.1 Å². The number of hydrogen-bond acceptors (Lipinski definition) is 3. The first-order valence-electron chi connectivity index (χ1n) is 4.43. The summed E-state index contributed by atoms with van der Waals surface area (Å²) in [4.78, 5) is 20.7. The molecule has 0 rings (SSSR count). The first kappa shape index (κ1) is 12.6. The Balaban J connectivity index is 3.42. The number of nitrogens with two attached hydrogens (primary N) is 1. The molecule has 4 N–H and O–H groups in total. The van der Waals surface area contributed by atoms with Crippen LogP contribution in [0.1, 0.15) is 19.8 Å². The summed E-state index contributed by atoms with van der Waals surface area (Å²) in [6.45, 7) is 2.69. The quantitative estimate of drug-likeness (QED) is 0.394.